The third-order valence-corrected chi connectivity index (χ3v) is 1.83. The van der Waals surface area contributed by atoms with Crippen LogP contribution in [-0.2, 0) is 14.3 Å². The van der Waals surface area contributed by atoms with Gasteiger partial charge in [-0.15, -0.1) is 0 Å². The average Bonchev–Trinajstić information content (AvgIpc) is 2.23. The molecule has 7 heteroatoms. The van der Waals surface area contributed by atoms with E-state index in [1.807, 2.05) is 0 Å². The van der Waals surface area contributed by atoms with Crippen LogP contribution in [0.1, 0.15) is 34.1 Å². The van der Waals surface area contributed by atoms with Crippen molar-refractivity contribution in [1.29, 1.82) is 0 Å². The number of rotatable bonds is 4. The van der Waals surface area contributed by atoms with Gasteiger partial charge in [0.15, 0.2) is 0 Å². The van der Waals surface area contributed by atoms with E-state index in [4.69, 9.17) is 9.84 Å². The summed E-state index contributed by atoms with van der Waals surface area (Å²) in [5.41, 5.74) is -0.586. The van der Waals surface area contributed by atoms with Crippen molar-refractivity contribution >= 4 is 18.0 Å². The van der Waals surface area contributed by atoms with Crippen molar-refractivity contribution in [2.75, 3.05) is 6.54 Å². The van der Waals surface area contributed by atoms with Crippen LogP contribution in [0, 0.1) is 11.8 Å². The highest BCUT2D eigenvalue weighted by Crippen LogP contribution is 2.05. The van der Waals surface area contributed by atoms with Gasteiger partial charge in [0.25, 0.3) is 0 Å². The van der Waals surface area contributed by atoms with Gasteiger partial charge in [0.2, 0.25) is 5.91 Å². The summed E-state index contributed by atoms with van der Waals surface area (Å²) in [5.74, 6) is 3.56. The number of hydrogen-bond acceptors (Lipinski definition) is 4. The maximum atomic E-state index is 11.3. The van der Waals surface area contributed by atoms with Gasteiger partial charge in [0.1, 0.15) is 11.6 Å². The van der Waals surface area contributed by atoms with Crippen LogP contribution >= 0.6 is 0 Å². The quantitative estimate of drug-likeness (QED) is 0.652. The summed E-state index contributed by atoms with van der Waals surface area (Å²) >= 11 is 0. The van der Waals surface area contributed by atoms with Crippen molar-refractivity contribution < 1.29 is 24.2 Å². The number of alkyl carbamates (subject to hydrolysis) is 1. The SMILES string of the molecule is CC(=O)N[C@@H](CC#CCNC(=O)OC(C)(C)C)C(=O)O. The molecule has 0 fully saturated rings. The van der Waals surface area contributed by atoms with E-state index in [-0.39, 0.29) is 13.0 Å². The standard InChI is InChI=1S/C13H20N2O5/c1-9(16)15-10(11(17)18)7-5-6-8-14-12(19)20-13(2,3)4/h10H,7-8H2,1-4H3,(H,14,19)(H,15,16)(H,17,18)/t10-/m0/s1. The minimum Gasteiger partial charge on any atom is -0.480 e. The van der Waals surface area contributed by atoms with E-state index in [9.17, 15) is 14.4 Å². The van der Waals surface area contributed by atoms with Gasteiger partial charge in [0, 0.05) is 13.3 Å². The van der Waals surface area contributed by atoms with Gasteiger partial charge in [0.05, 0.1) is 6.54 Å². The molecule has 0 aliphatic carbocycles. The molecule has 0 bridgehead atoms. The first-order valence-electron chi connectivity index (χ1n) is 6.04. The highest BCUT2D eigenvalue weighted by molar-refractivity contribution is 5.82. The fourth-order valence-electron chi connectivity index (χ4n) is 1.11. The molecule has 0 aromatic carbocycles. The molecule has 0 aliphatic rings. The molecule has 3 N–H and O–H groups in total. The Labute approximate surface area is 118 Å². The number of carboxylic acid groups (broad SMARTS) is 1. The van der Waals surface area contributed by atoms with Gasteiger partial charge in [-0.2, -0.15) is 0 Å². The zero-order valence-electron chi connectivity index (χ0n) is 12.1. The van der Waals surface area contributed by atoms with Crippen molar-refractivity contribution in [1.82, 2.24) is 10.6 Å². The van der Waals surface area contributed by atoms with Gasteiger partial charge in [-0.05, 0) is 20.8 Å². The first kappa shape index (κ1) is 17.8. The highest BCUT2D eigenvalue weighted by Gasteiger charge is 2.17. The minimum absolute atomic E-state index is 0.0368. The molecule has 20 heavy (non-hydrogen) atoms. The average molecular weight is 284 g/mol. The Bertz CT molecular complexity index is 428. The molecule has 0 saturated heterocycles. The molecule has 0 aromatic rings. The van der Waals surface area contributed by atoms with E-state index >= 15 is 0 Å². The number of ether oxygens (including phenoxy) is 1. The van der Waals surface area contributed by atoms with Crippen molar-refractivity contribution in [3.05, 3.63) is 0 Å². The lowest BCUT2D eigenvalue weighted by Crippen LogP contribution is -2.39. The monoisotopic (exact) mass is 284 g/mol. The topological polar surface area (TPSA) is 105 Å². The summed E-state index contributed by atoms with van der Waals surface area (Å²) in [7, 11) is 0. The van der Waals surface area contributed by atoms with Crippen LogP contribution in [0.5, 0.6) is 0 Å². The molecular formula is C13H20N2O5. The zero-order chi connectivity index (χ0) is 15.8. The van der Waals surface area contributed by atoms with E-state index in [0.29, 0.717) is 0 Å². The lowest BCUT2D eigenvalue weighted by Gasteiger charge is -2.19. The summed E-state index contributed by atoms with van der Waals surface area (Å²) in [6.07, 6.45) is -0.631. The van der Waals surface area contributed by atoms with Gasteiger partial charge >= 0.3 is 12.1 Å². The van der Waals surface area contributed by atoms with Crippen molar-refractivity contribution in [3.63, 3.8) is 0 Å². The second-order valence-corrected chi connectivity index (χ2v) is 5.00. The maximum Gasteiger partial charge on any atom is 0.408 e. The third-order valence-electron chi connectivity index (χ3n) is 1.83. The first-order chi connectivity index (χ1) is 9.11. The van der Waals surface area contributed by atoms with Crippen molar-refractivity contribution in [2.24, 2.45) is 0 Å². The number of carboxylic acids is 1. The van der Waals surface area contributed by atoms with Crippen LogP contribution in [0.15, 0.2) is 0 Å². The van der Waals surface area contributed by atoms with Crippen LogP contribution in [0.2, 0.25) is 0 Å². The molecule has 0 heterocycles. The lowest BCUT2D eigenvalue weighted by molar-refractivity contribution is -0.141. The van der Waals surface area contributed by atoms with E-state index in [1.54, 1.807) is 20.8 Å². The molecule has 7 nitrogen and oxygen atoms in total. The molecular weight excluding hydrogens is 264 g/mol. The van der Waals surface area contributed by atoms with Crippen molar-refractivity contribution in [3.8, 4) is 11.8 Å². The number of carbonyl (C=O) groups excluding carboxylic acids is 2. The fraction of sp³-hybridized carbons (Fsp3) is 0.615. The van der Waals surface area contributed by atoms with Crippen molar-refractivity contribution in [2.45, 2.75) is 45.8 Å². The molecule has 1 atom stereocenters. The number of aliphatic carboxylic acids is 1. The van der Waals surface area contributed by atoms with Gasteiger partial charge in [-0.1, -0.05) is 11.8 Å². The largest absolute Gasteiger partial charge is 0.480 e. The molecule has 0 aliphatic heterocycles. The number of hydrogen-bond donors (Lipinski definition) is 3. The summed E-state index contributed by atoms with van der Waals surface area (Å²) in [5, 5.41) is 13.5. The second-order valence-electron chi connectivity index (χ2n) is 5.00. The Balaban J connectivity index is 4.11. The Morgan fingerprint density at radius 2 is 1.85 bits per heavy atom. The molecule has 0 unspecified atom stereocenters. The Kier molecular flexibility index (Phi) is 7.15. The van der Waals surface area contributed by atoms with E-state index < -0.39 is 29.6 Å². The molecule has 0 radical (unpaired) electrons. The van der Waals surface area contributed by atoms with E-state index in [2.05, 4.69) is 22.5 Å². The molecule has 0 aromatic heterocycles. The van der Waals surface area contributed by atoms with Crippen LogP contribution < -0.4 is 10.6 Å². The number of nitrogens with one attached hydrogen (secondary N) is 2. The predicted octanol–water partition coefficient (Wildman–Crippen LogP) is 0.494. The summed E-state index contributed by atoms with van der Waals surface area (Å²) in [6.45, 7) is 6.49. The third kappa shape index (κ3) is 9.76. The second kappa shape index (κ2) is 8.04. The fourth-order valence-corrected chi connectivity index (χ4v) is 1.11. The minimum atomic E-state index is -1.16. The maximum absolute atomic E-state index is 11.3. The summed E-state index contributed by atoms with van der Waals surface area (Å²) in [4.78, 5) is 32.8. The molecule has 0 saturated carbocycles. The number of carbonyl (C=O) groups is 3. The van der Waals surface area contributed by atoms with Crippen LogP contribution in [0.4, 0.5) is 4.79 Å². The predicted molar refractivity (Wildman–Crippen MR) is 71.9 cm³/mol. The van der Waals surface area contributed by atoms with Gasteiger partial charge < -0.3 is 20.5 Å². The normalized spacial score (nSPS) is 11.6. The number of amides is 2. The molecule has 2 amide bonds. The molecule has 112 valence electrons. The lowest BCUT2D eigenvalue weighted by atomic mass is 10.2. The molecule has 0 rings (SSSR count). The molecule has 0 spiro atoms. The van der Waals surface area contributed by atoms with Crippen LogP contribution in [-0.4, -0.2) is 41.3 Å². The summed E-state index contributed by atoms with van der Waals surface area (Å²) < 4.78 is 4.99. The summed E-state index contributed by atoms with van der Waals surface area (Å²) in [6, 6.07) is -1.05. The van der Waals surface area contributed by atoms with Gasteiger partial charge in [-0.25, -0.2) is 9.59 Å². The first-order valence-corrected chi connectivity index (χ1v) is 6.04. The Morgan fingerprint density at radius 3 is 2.30 bits per heavy atom. The smallest absolute Gasteiger partial charge is 0.408 e. The highest BCUT2D eigenvalue weighted by atomic mass is 16.6. The van der Waals surface area contributed by atoms with E-state index in [1.165, 1.54) is 6.92 Å². The Hall–Kier alpha value is -2.23. The van der Waals surface area contributed by atoms with Gasteiger partial charge in [-0.3, -0.25) is 4.79 Å². The van der Waals surface area contributed by atoms with E-state index in [0.717, 1.165) is 0 Å². The zero-order valence-corrected chi connectivity index (χ0v) is 12.1. The van der Waals surface area contributed by atoms with Crippen LogP contribution in [0.3, 0.4) is 0 Å². The van der Waals surface area contributed by atoms with Crippen LogP contribution in [0.25, 0.3) is 0 Å². The Morgan fingerprint density at radius 1 is 1.25 bits per heavy atom.